The van der Waals surface area contributed by atoms with Crippen molar-refractivity contribution in [3.63, 3.8) is 0 Å². The highest BCUT2D eigenvalue weighted by Gasteiger charge is 2.38. The molecule has 2 N–H and O–H groups in total. The summed E-state index contributed by atoms with van der Waals surface area (Å²) in [6.45, 7) is 4.18. The Kier molecular flexibility index (Phi) is 7.22. The van der Waals surface area contributed by atoms with Crippen LogP contribution in [0.2, 0.25) is 0 Å². The number of hydrogen-bond donors (Lipinski definition) is 2. The van der Waals surface area contributed by atoms with Gasteiger partial charge in [-0.25, -0.2) is 4.79 Å². The van der Waals surface area contributed by atoms with Crippen molar-refractivity contribution in [3.8, 4) is 0 Å². The average Bonchev–Trinajstić information content (AvgIpc) is 2.99. The number of nitrogens with one attached hydrogen (secondary N) is 2. The van der Waals surface area contributed by atoms with Gasteiger partial charge in [0, 0.05) is 12.5 Å². The van der Waals surface area contributed by atoms with Crippen molar-refractivity contribution in [1.82, 2.24) is 15.5 Å². The van der Waals surface area contributed by atoms with Gasteiger partial charge in [0.15, 0.2) is 0 Å². The van der Waals surface area contributed by atoms with Crippen LogP contribution in [-0.4, -0.2) is 41.9 Å². The highest BCUT2D eigenvalue weighted by molar-refractivity contribution is 6.06. The van der Waals surface area contributed by atoms with E-state index in [-0.39, 0.29) is 30.2 Å². The van der Waals surface area contributed by atoms with Crippen LogP contribution in [0, 0.1) is 5.92 Å². The summed E-state index contributed by atoms with van der Waals surface area (Å²) in [5.41, 5.74) is 2.37. The molecule has 2 aromatic carbocycles. The van der Waals surface area contributed by atoms with Crippen molar-refractivity contribution in [2.45, 2.75) is 38.6 Å². The van der Waals surface area contributed by atoms with Crippen molar-refractivity contribution >= 4 is 17.8 Å². The maximum atomic E-state index is 12.4. The minimum atomic E-state index is -0.536. The van der Waals surface area contributed by atoms with Crippen molar-refractivity contribution in [2.24, 2.45) is 5.92 Å². The topological polar surface area (TPSA) is 78.5 Å². The van der Waals surface area contributed by atoms with Crippen LogP contribution >= 0.6 is 0 Å². The Morgan fingerprint density at radius 3 is 2.10 bits per heavy atom. The van der Waals surface area contributed by atoms with Crippen LogP contribution in [0.1, 0.15) is 43.7 Å². The molecule has 0 aromatic heterocycles. The molecular formula is C24H29N3O3. The molecular weight excluding hydrogens is 378 g/mol. The maximum absolute atomic E-state index is 12.4. The van der Waals surface area contributed by atoms with Crippen LogP contribution in [0.3, 0.4) is 0 Å². The summed E-state index contributed by atoms with van der Waals surface area (Å²) < 4.78 is 0. The van der Waals surface area contributed by atoms with Crippen molar-refractivity contribution in [2.75, 3.05) is 13.1 Å². The Balaban J connectivity index is 1.56. The Morgan fingerprint density at radius 1 is 1.00 bits per heavy atom. The fraction of sp³-hybridized carbons (Fsp3) is 0.375. The predicted molar refractivity (Wildman–Crippen MR) is 116 cm³/mol. The van der Waals surface area contributed by atoms with Crippen LogP contribution in [0.5, 0.6) is 0 Å². The quantitative estimate of drug-likeness (QED) is 0.626. The molecule has 0 bridgehead atoms. The van der Waals surface area contributed by atoms with Gasteiger partial charge in [0.1, 0.15) is 12.6 Å². The second-order valence-corrected chi connectivity index (χ2v) is 8.07. The lowest BCUT2D eigenvalue weighted by Crippen LogP contribution is -2.41. The van der Waals surface area contributed by atoms with E-state index >= 15 is 0 Å². The molecule has 1 fully saturated rings. The first-order chi connectivity index (χ1) is 14.5. The first-order valence-electron chi connectivity index (χ1n) is 10.4. The van der Waals surface area contributed by atoms with Crippen LogP contribution < -0.4 is 10.6 Å². The Morgan fingerprint density at radius 2 is 1.57 bits per heavy atom. The normalized spacial score (nSPS) is 16.3. The number of amides is 4. The smallest absolute Gasteiger partial charge is 0.325 e. The molecule has 30 heavy (non-hydrogen) atoms. The molecule has 1 atom stereocenters. The number of urea groups is 1. The van der Waals surface area contributed by atoms with Gasteiger partial charge in [-0.05, 0) is 29.9 Å². The lowest BCUT2D eigenvalue weighted by Gasteiger charge is -2.19. The molecule has 0 spiro atoms. The van der Waals surface area contributed by atoms with Gasteiger partial charge in [0.25, 0.3) is 5.91 Å². The molecule has 0 aliphatic carbocycles. The van der Waals surface area contributed by atoms with Gasteiger partial charge >= 0.3 is 6.03 Å². The van der Waals surface area contributed by atoms with Crippen molar-refractivity contribution < 1.29 is 14.4 Å². The molecule has 1 saturated heterocycles. The molecule has 0 radical (unpaired) electrons. The van der Waals surface area contributed by atoms with E-state index in [1.54, 1.807) is 0 Å². The fourth-order valence-corrected chi connectivity index (χ4v) is 3.81. The monoisotopic (exact) mass is 407 g/mol. The molecule has 3 rings (SSSR count). The zero-order valence-corrected chi connectivity index (χ0v) is 17.5. The van der Waals surface area contributed by atoms with Gasteiger partial charge in [0.05, 0.1) is 0 Å². The number of rotatable bonds is 9. The van der Waals surface area contributed by atoms with E-state index in [1.165, 1.54) is 11.1 Å². The van der Waals surface area contributed by atoms with Gasteiger partial charge in [-0.15, -0.1) is 0 Å². The molecule has 0 saturated carbocycles. The molecule has 6 nitrogen and oxygen atoms in total. The molecule has 158 valence electrons. The van der Waals surface area contributed by atoms with E-state index in [1.807, 2.05) is 50.2 Å². The third-order valence-corrected chi connectivity index (χ3v) is 5.27. The largest absolute Gasteiger partial charge is 0.355 e. The number of hydrogen-bond acceptors (Lipinski definition) is 3. The van der Waals surface area contributed by atoms with Gasteiger partial charge in [-0.1, -0.05) is 74.5 Å². The first-order valence-corrected chi connectivity index (χ1v) is 10.4. The molecule has 6 heteroatoms. The number of carbonyl (C=O) groups is 3. The number of imide groups is 1. The molecule has 4 amide bonds. The molecule has 2 aromatic rings. The highest BCUT2D eigenvalue weighted by Crippen LogP contribution is 2.27. The second kappa shape index (κ2) is 10.1. The van der Waals surface area contributed by atoms with Crippen LogP contribution in [0.25, 0.3) is 0 Å². The zero-order valence-electron chi connectivity index (χ0n) is 17.5. The maximum Gasteiger partial charge on any atom is 0.325 e. The average molecular weight is 408 g/mol. The van der Waals surface area contributed by atoms with E-state index in [2.05, 4.69) is 34.9 Å². The van der Waals surface area contributed by atoms with E-state index in [4.69, 9.17) is 0 Å². The number of carbonyl (C=O) groups excluding carboxylic acids is 3. The summed E-state index contributed by atoms with van der Waals surface area (Å²) in [7, 11) is 0. The lowest BCUT2D eigenvalue weighted by molar-refractivity contribution is -0.132. The third kappa shape index (κ3) is 5.47. The van der Waals surface area contributed by atoms with Gasteiger partial charge in [-0.2, -0.15) is 0 Å². The van der Waals surface area contributed by atoms with E-state index in [0.717, 1.165) is 11.3 Å². The van der Waals surface area contributed by atoms with Gasteiger partial charge in [0.2, 0.25) is 5.91 Å². The van der Waals surface area contributed by atoms with Crippen LogP contribution in [0.15, 0.2) is 60.7 Å². The Hall–Kier alpha value is -3.15. The minimum Gasteiger partial charge on any atom is -0.355 e. The molecule has 1 unspecified atom stereocenters. The standard InChI is InChI=1S/C24H29N3O3/c1-17(2)15-21-23(29)27(24(30)26-21)16-22(28)25-14-13-20(18-9-5-3-6-10-18)19-11-7-4-8-12-19/h3-12,17,20-21H,13-16H2,1-2H3,(H,25,28)(H,26,30). The van der Waals surface area contributed by atoms with Gasteiger partial charge < -0.3 is 10.6 Å². The van der Waals surface area contributed by atoms with E-state index in [9.17, 15) is 14.4 Å². The summed E-state index contributed by atoms with van der Waals surface area (Å²) in [4.78, 5) is 37.9. The summed E-state index contributed by atoms with van der Waals surface area (Å²) in [6.07, 6.45) is 1.29. The molecule has 1 heterocycles. The summed E-state index contributed by atoms with van der Waals surface area (Å²) in [6, 6.07) is 19.3. The summed E-state index contributed by atoms with van der Waals surface area (Å²) >= 11 is 0. The number of benzene rings is 2. The van der Waals surface area contributed by atoms with Crippen LogP contribution in [0.4, 0.5) is 4.79 Å². The van der Waals surface area contributed by atoms with Gasteiger partial charge in [-0.3, -0.25) is 14.5 Å². The number of nitrogens with zero attached hydrogens (tertiary/aromatic N) is 1. The fourth-order valence-electron chi connectivity index (χ4n) is 3.81. The Bertz CT molecular complexity index is 828. The van der Waals surface area contributed by atoms with E-state index in [0.29, 0.717) is 13.0 Å². The third-order valence-electron chi connectivity index (χ3n) is 5.27. The van der Waals surface area contributed by atoms with Crippen molar-refractivity contribution in [1.29, 1.82) is 0 Å². The van der Waals surface area contributed by atoms with E-state index < -0.39 is 12.1 Å². The highest BCUT2D eigenvalue weighted by atomic mass is 16.2. The summed E-state index contributed by atoms with van der Waals surface area (Å²) in [5.74, 6) is -0.223. The van der Waals surface area contributed by atoms with Crippen LogP contribution in [-0.2, 0) is 9.59 Å². The lowest BCUT2D eigenvalue weighted by atomic mass is 9.88. The molecule has 1 aliphatic heterocycles. The first kappa shape index (κ1) is 21.6. The second-order valence-electron chi connectivity index (χ2n) is 8.07. The van der Waals surface area contributed by atoms with Crippen molar-refractivity contribution in [3.05, 3.63) is 71.8 Å². The SMILES string of the molecule is CC(C)CC1NC(=O)N(CC(=O)NCCC(c2ccccc2)c2ccccc2)C1=O. The minimum absolute atomic E-state index is 0.153. The summed E-state index contributed by atoms with van der Waals surface area (Å²) in [5, 5.41) is 5.53. The zero-order chi connectivity index (χ0) is 21.5. The molecule has 1 aliphatic rings. The Labute approximate surface area is 177 Å². The predicted octanol–water partition coefficient (Wildman–Crippen LogP) is 3.29.